The molecule has 2 atom stereocenters. The zero-order chi connectivity index (χ0) is 27.6. The standard InChI is InChI=1S/C26H25F5N4O3/c1-13-11-35(23(37)21(36)16-8-17(14-2-3-14)22(32)33-10-16)20(15-4-5-18(27)19(28)9-15)12-34(13)24(38)25(6-7-25)26(29,30)31/h4-5,8-10,13-14,20H,2-3,6-7,11-12H2,1H3,(H2,32,33)/t13-,20-/m1/s1. The minimum absolute atomic E-state index is 0.00435. The van der Waals surface area contributed by atoms with Gasteiger partial charge in [0, 0.05) is 30.9 Å². The van der Waals surface area contributed by atoms with Crippen molar-refractivity contribution in [2.75, 3.05) is 18.8 Å². The van der Waals surface area contributed by atoms with E-state index in [4.69, 9.17) is 5.73 Å². The number of amides is 2. The molecule has 7 nitrogen and oxygen atoms in total. The van der Waals surface area contributed by atoms with Crippen LogP contribution in [-0.2, 0) is 9.59 Å². The molecule has 2 heterocycles. The van der Waals surface area contributed by atoms with Crippen molar-refractivity contribution in [1.82, 2.24) is 14.8 Å². The van der Waals surface area contributed by atoms with Crippen LogP contribution < -0.4 is 5.73 Å². The molecule has 3 aliphatic rings. The molecule has 0 unspecified atom stereocenters. The van der Waals surface area contributed by atoms with Gasteiger partial charge in [0.1, 0.15) is 11.2 Å². The number of hydrogen-bond acceptors (Lipinski definition) is 5. The lowest BCUT2D eigenvalue weighted by molar-refractivity contribution is -0.201. The Bertz CT molecular complexity index is 1320. The lowest BCUT2D eigenvalue weighted by Crippen LogP contribution is -2.60. The van der Waals surface area contributed by atoms with Crippen LogP contribution in [0.1, 0.15) is 66.1 Å². The van der Waals surface area contributed by atoms with E-state index >= 15 is 0 Å². The first-order valence-electron chi connectivity index (χ1n) is 12.3. The monoisotopic (exact) mass is 536 g/mol. The second-order valence-corrected chi connectivity index (χ2v) is 10.3. The molecule has 2 saturated carbocycles. The van der Waals surface area contributed by atoms with E-state index in [-0.39, 0.29) is 42.2 Å². The van der Waals surface area contributed by atoms with E-state index in [1.807, 2.05) is 0 Å². The highest BCUT2D eigenvalue weighted by atomic mass is 19.4. The molecule has 3 fully saturated rings. The van der Waals surface area contributed by atoms with Gasteiger partial charge in [-0.25, -0.2) is 13.8 Å². The van der Waals surface area contributed by atoms with Crippen LogP contribution in [0.4, 0.5) is 27.8 Å². The number of alkyl halides is 3. The lowest BCUT2D eigenvalue weighted by Gasteiger charge is -2.46. The van der Waals surface area contributed by atoms with Crippen LogP contribution in [0.5, 0.6) is 0 Å². The maximum absolute atomic E-state index is 14.1. The molecule has 202 valence electrons. The molecule has 1 aromatic carbocycles. The van der Waals surface area contributed by atoms with Crippen LogP contribution in [-0.4, -0.2) is 57.7 Å². The van der Waals surface area contributed by atoms with Crippen LogP contribution in [0, 0.1) is 17.0 Å². The molecule has 1 saturated heterocycles. The summed E-state index contributed by atoms with van der Waals surface area (Å²) in [4.78, 5) is 46.0. The summed E-state index contributed by atoms with van der Waals surface area (Å²) in [5.41, 5.74) is 4.11. The van der Waals surface area contributed by atoms with Crippen molar-refractivity contribution < 1.29 is 36.3 Å². The van der Waals surface area contributed by atoms with E-state index in [9.17, 15) is 36.3 Å². The highest BCUT2D eigenvalue weighted by molar-refractivity contribution is 6.42. The Kier molecular flexibility index (Phi) is 6.18. The maximum atomic E-state index is 14.1. The normalized spacial score (nSPS) is 22.8. The molecule has 2 aromatic rings. The average Bonchev–Trinajstić information content (AvgIpc) is 3.77. The van der Waals surface area contributed by atoms with Gasteiger partial charge >= 0.3 is 6.18 Å². The van der Waals surface area contributed by atoms with Crippen molar-refractivity contribution in [3.05, 3.63) is 58.8 Å². The molecule has 2 N–H and O–H groups in total. The number of hydrogen-bond donors (Lipinski definition) is 1. The summed E-state index contributed by atoms with van der Waals surface area (Å²) in [6, 6.07) is 2.27. The van der Waals surface area contributed by atoms with Gasteiger partial charge in [0.25, 0.3) is 11.7 Å². The topological polar surface area (TPSA) is 96.6 Å². The number of carbonyl (C=O) groups is 3. The number of halogens is 5. The molecule has 1 aromatic heterocycles. The second kappa shape index (κ2) is 9.02. The van der Waals surface area contributed by atoms with Crippen LogP contribution in [0.15, 0.2) is 30.5 Å². The first-order chi connectivity index (χ1) is 17.8. The molecule has 2 amide bonds. The minimum Gasteiger partial charge on any atom is -0.383 e. The van der Waals surface area contributed by atoms with E-state index in [0.29, 0.717) is 5.56 Å². The van der Waals surface area contributed by atoms with Gasteiger partial charge in [-0.1, -0.05) is 6.07 Å². The number of nitrogens with two attached hydrogens (primary N) is 1. The molecule has 2 aliphatic carbocycles. The van der Waals surface area contributed by atoms with E-state index < -0.39 is 59.5 Å². The van der Waals surface area contributed by atoms with Gasteiger partial charge in [0.2, 0.25) is 5.91 Å². The first kappa shape index (κ1) is 26.1. The summed E-state index contributed by atoms with van der Waals surface area (Å²) in [6.07, 6.45) is -2.50. The zero-order valence-corrected chi connectivity index (χ0v) is 20.4. The summed E-state index contributed by atoms with van der Waals surface area (Å²) in [7, 11) is 0. The summed E-state index contributed by atoms with van der Waals surface area (Å²) in [6.45, 7) is 0.771. The van der Waals surface area contributed by atoms with Gasteiger partial charge in [0.05, 0.1) is 6.04 Å². The van der Waals surface area contributed by atoms with Gasteiger partial charge < -0.3 is 15.5 Å². The van der Waals surface area contributed by atoms with Crippen molar-refractivity contribution in [1.29, 1.82) is 0 Å². The second-order valence-electron chi connectivity index (χ2n) is 10.3. The number of Topliss-reactive ketones (excluding diaryl/α,β-unsaturated/α-hetero) is 1. The fraction of sp³-hybridized carbons (Fsp3) is 0.462. The largest absolute Gasteiger partial charge is 0.403 e. The Morgan fingerprint density at radius 1 is 1.03 bits per heavy atom. The Labute approximate surface area is 214 Å². The summed E-state index contributed by atoms with van der Waals surface area (Å²) in [5, 5.41) is 0. The highest BCUT2D eigenvalue weighted by Gasteiger charge is 2.70. The maximum Gasteiger partial charge on any atom is 0.403 e. The lowest BCUT2D eigenvalue weighted by atomic mass is 9.95. The van der Waals surface area contributed by atoms with Crippen LogP contribution in [0.25, 0.3) is 0 Å². The summed E-state index contributed by atoms with van der Waals surface area (Å²) in [5.74, 6) is -5.02. The van der Waals surface area contributed by atoms with Gasteiger partial charge in [0.15, 0.2) is 11.6 Å². The number of nitrogen functional groups attached to an aromatic ring is 1. The number of aromatic nitrogens is 1. The molecule has 38 heavy (non-hydrogen) atoms. The number of rotatable bonds is 5. The van der Waals surface area contributed by atoms with Gasteiger partial charge in [-0.3, -0.25) is 14.4 Å². The number of ketones is 1. The molecular weight excluding hydrogens is 511 g/mol. The van der Waals surface area contributed by atoms with E-state index in [0.717, 1.165) is 34.8 Å². The third-order valence-corrected chi connectivity index (χ3v) is 7.71. The molecule has 1 aliphatic heterocycles. The molecule has 5 rings (SSSR count). The predicted molar refractivity (Wildman–Crippen MR) is 125 cm³/mol. The smallest absolute Gasteiger partial charge is 0.383 e. The number of pyridine rings is 1. The molecule has 0 bridgehead atoms. The van der Waals surface area contributed by atoms with Gasteiger partial charge in [-0.15, -0.1) is 0 Å². The van der Waals surface area contributed by atoms with Gasteiger partial charge in [-0.05, 0) is 67.9 Å². The number of anilines is 1. The SMILES string of the molecule is C[C@@H]1CN(C(=O)C(=O)c2cnc(N)c(C3CC3)c2)[C@@H](c2ccc(F)c(F)c2)CN1C(=O)C1(C(F)(F)F)CC1. The fourth-order valence-electron chi connectivity index (χ4n) is 5.10. The minimum atomic E-state index is -4.74. The Morgan fingerprint density at radius 3 is 2.29 bits per heavy atom. The zero-order valence-electron chi connectivity index (χ0n) is 20.4. The quantitative estimate of drug-likeness (QED) is 0.352. The molecular formula is C26H25F5N4O3. The van der Waals surface area contributed by atoms with Crippen molar-refractivity contribution in [2.24, 2.45) is 5.41 Å². The van der Waals surface area contributed by atoms with Crippen molar-refractivity contribution in [2.45, 2.75) is 56.8 Å². The Balaban J connectivity index is 1.48. The Hall–Kier alpha value is -3.57. The Morgan fingerprint density at radius 2 is 1.71 bits per heavy atom. The average molecular weight is 537 g/mol. The molecule has 12 heteroatoms. The van der Waals surface area contributed by atoms with E-state index in [2.05, 4.69) is 4.98 Å². The van der Waals surface area contributed by atoms with Crippen LogP contribution in [0.3, 0.4) is 0 Å². The summed E-state index contributed by atoms with van der Waals surface area (Å²) < 4.78 is 68.9. The third-order valence-electron chi connectivity index (χ3n) is 7.71. The number of carbonyl (C=O) groups excluding carboxylic acids is 3. The number of piperazine rings is 1. The number of nitrogens with zero attached hydrogens (tertiary/aromatic N) is 3. The number of benzene rings is 1. The van der Waals surface area contributed by atoms with Crippen molar-refractivity contribution in [3.63, 3.8) is 0 Å². The van der Waals surface area contributed by atoms with Crippen molar-refractivity contribution in [3.8, 4) is 0 Å². The van der Waals surface area contributed by atoms with Crippen LogP contribution in [0.2, 0.25) is 0 Å². The third kappa shape index (κ3) is 4.39. The fourth-order valence-corrected chi connectivity index (χ4v) is 5.10. The first-order valence-corrected chi connectivity index (χ1v) is 12.3. The highest BCUT2D eigenvalue weighted by Crippen LogP contribution is 2.59. The predicted octanol–water partition coefficient (Wildman–Crippen LogP) is 4.15. The summed E-state index contributed by atoms with van der Waals surface area (Å²) >= 11 is 0. The van der Waals surface area contributed by atoms with E-state index in [1.165, 1.54) is 25.3 Å². The van der Waals surface area contributed by atoms with Crippen LogP contribution >= 0.6 is 0 Å². The molecule has 0 spiro atoms. The van der Waals surface area contributed by atoms with Crippen molar-refractivity contribution >= 4 is 23.4 Å². The van der Waals surface area contributed by atoms with E-state index in [1.54, 1.807) is 0 Å². The van der Waals surface area contributed by atoms with Gasteiger partial charge in [-0.2, -0.15) is 13.2 Å². The molecule has 0 radical (unpaired) electrons.